The van der Waals surface area contributed by atoms with Gasteiger partial charge in [-0.25, -0.2) is 4.98 Å². The first-order chi connectivity index (χ1) is 8.83. The van der Waals surface area contributed by atoms with E-state index in [1.807, 2.05) is 10.9 Å². The monoisotopic (exact) mass is 280 g/mol. The largest absolute Gasteiger partial charge is 0.369 e. The lowest BCUT2D eigenvalue weighted by Crippen LogP contribution is -2.09. The Hall–Kier alpha value is -1.73. The van der Waals surface area contributed by atoms with Crippen molar-refractivity contribution in [3.05, 3.63) is 34.1 Å². The number of nitrogens with one attached hydrogen (secondary N) is 1. The lowest BCUT2D eigenvalue weighted by atomic mass is 10.3. The molecule has 0 unspecified atom stereocenters. The minimum Gasteiger partial charge on any atom is -0.369 e. The minimum absolute atomic E-state index is 0.395. The molecule has 18 heavy (non-hydrogen) atoms. The SMILES string of the molecule is Clc1cc(NCCc2cscn2)n2ncnc2n1. The Morgan fingerprint density at radius 2 is 2.33 bits per heavy atom. The van der Waals surface area contributed by atoms with Crippen molar-refractivity contribution in [2.24, 2.45) is 0 Å². The van der Waals surface area contributed by atoms with Crippen molar-refractivity contribution in [3.8, 4) is 0 Å². The average molecular weight is 281 g/mol. The quantitative estimate of drug-likeness (QED) is 0.739. The molecular weight excluding hydrogens is 272 g/mol. The topological polar surface area (TPSA) is 68.0 Å². The van der Waals surface area contributed by atoms with Crippen molar-refractivity contribution >= 4 is 34.5 Å². The summed E-state index contributed by atoms with van der Waals surface area (Å²) >= 11 is 7.51. The van der Waals surface area contributed by atoms with Crippen molar-refractivity contribution < 1.29 is 0 Å². The summed E-state index contributed by atoms with van der Waals surface area (Å²) in [4.78, 5) is 12.3. The first-order valence-corrected chi connectivity index (χ1v) is 6.62. The van der Waals surface area contributed by atoms with Crippen LogP contribution in [-0.4, -0.2) is 31.1 Å². The van der Waals surface area contributed by atoms with Gasteiger partial charge < -0.3 is 5.32 Å². The van der Waals surface area contributed by atoms with E-state index >= 15 is 0 Å². The molecule has 0 aliphatic heterocycles. The van der Waals surface area contributed by atoms with Crippen LogP contribution in [0.3, 0.4) is 0 Å². The molecule has 6 nitrogen and oxygen atoms in total. The third-order valence-corrected chi connectivity index (χ3v) is 3.22. The standard InChI is InChI=1S/C10H9ClN6S/c11-8-3-9(17-10(16-8)13-5-15-17)12-2-1-7-4-18-6-14-7/h3-6,12H,1-2H2. The molecule has 0 radical (unpaired) electrons. The molecule has 0 aromatic carbocycles. The fourth-order valence-corrected chi connectivity index (χ4v) is 2.36. The van der Waals surface area contributed by atoms with Gasteiger partial charge >= 0.3 is 0 Å². The van der Waals surface area contributed by atoms with Crippen LogP contribution >= 0.6 is 22.9 Å². The Bertz CT molecular complexity index is 649. The number of halogens is 1. The van der Waals surface area contributed by atoms with E-state index in [9.17, 15) is 0 Å². The second-order valence-electron chi connectivity index (χ2n) is 3.59. The zero-order chi connectivity index (χ0) is 12.4. The van der Waals surface area contributed by atoms with E-state index < -0.39 is 0 Å². The molecule has 8 heteroatoms. The molecule has 1 N–H and O–H groups in total. The summed E-state index contributed by atoms with van der Waals surface area (Å²) in [6.07, 6.45) is 2.30. The van der Waals surface area contributed by atoms with Crippen LogP contribution in [0.1, 0.15) is 5.69 Å². The van der Waals surface area contributed by atoms with Gasteiger partial charge in [0.2, 0.25) is 0 Å². The maximum atomic E-state index is 5.92. The van der Waals surface area contributed by atoms with Crippen LogP contribution in [0.15, 0.2) is 23.3 Å². The smallest absolute Gasteiger partial charge is 0.255 e. The highest BCUT2D eigenvalue weighted by molar-refractivity contribution is 7.07. The first kappa shape index (κ1) is 11.4. The van der Waals surface area contributed by atoms with Gasteiger partial charge in [-0.3, -0.25) is 0 Å². The summed E-state index contributed by atoms with van der Waals surface area (Å²) in [5.41, 5.74) is 2.90. The van der Waals surface area contributed by atoms with Crippen LogP contribution in [0.4, 0.5) is 5.82 Å². The molecule has 0 bridgehead atoms. The van der Waals surface area contributed by atoms with Gasteiger partial charge in [-0.2, -0.15) is 19.6 Å². The van der Waals surface area contributed by atoms with E-state index in [0.717, 1.165) is 24.5 Å². The van der Waals surface area contributed by atoms with E-state index in [4.69, 9.17) is 11.6 Å². The van der Waals surface area contributed by atoms with Crippen LogP contribution in [0.25, 0.3) is 5.78 Å². The number of rotatable bonds is 4. The Morgan fingerprint density at radius 3 is 3.17 bits per heavy atom. The van der Waals surface area contributed by atoms with Gasteiger partial charge in [-0.05, 0) is 0 Å². The highest BCUT2D eigenvalue weighted by atomic mass is 35.5. The summed E-state index contributed by atoms with van der Waals surface area (Å²) in [6, 6.07) is 1.73. The highest BCUT2D eigenvalue weighted by Gasteiger charge is 2.05. The maximum Gasteiger partial charge on any atom is 0.255 e. The number of aromatic nitrogens is 5. The van der Waals surface area contributed by atoms with Crippen molar-refractivity contribution in [1.82, 2.24) is 24.6 Å². The van der Waals surface area contributed by atoms with Crippen LogP contribution in [-0.2, 0) is 6.42 Å². The second-order valence-corrected chi connectivity index (χ2v) is 4.70. The van der Waals surface area contributed by atoms with Crippen LogP contribution < -0.4 is 5.32 Å². The molecule has 0 atom stereocenters. The number of nitrogens with zero attached hydrogens (tertiary/aromatic N) is 5. The number of hydrogen-bond acceptors (Lipinski definition) is 6. The van der Waals surface area contributed by atoms with E-state index in [-0.39, 0.29) is 0 Å². The fourth-order valence-electron chi connectivity index (χ4n) is 1.59. The second kappa shape index (κ2) is 4.87. The molecule has 92 valence electrons. The molecule has 0 aliphatic rings. The zero-order valence-electron chi connectivity index (χ0n) is 9.25. The highest BCUT2D eigenvalue weighted by Crippen LogP contribution is 2.14. The molecular formula is C10H9ClN6S. The van der Waals surface area contributed by atoms with Gasteiger partial charge in [0.05, 0.1) is 11.2 Å². The van der Waals surface area contributed by atoms with Gasteiger partial charge in [0.15, 0.2) is 0 Å². The average Bonchev–Trinajstić information content (AvgIpc) is 2.98. The Balaban J connectivity index is 1.75. The summed E-state index contributed by atoms with van der Waals surface area (Å²) in [6.45, 7) is 0.749. The van der Waals surface area contributed by atoms with Crippen molar-refractivity contribution in [2.45, 2.75) is 6.42 Å². The number of hydrogen-bond donors (Lipinski definition) is 1. The third-order valence-electron chi connectivity index (χ3n) is 2.39. The molecule has 3 aromatic rings. The Morgan fingerprint density at radius 1 is 1.39 bits per heavy atom. The molecule has 0 fully saturated rings. The van der Waals surface area contributed by atoms with E-state index in [0.29, 0.717) is 10.9 Å². The van der Waals surface area contributed by atoms with Crippen LogP contribution in [0.5, 0.6) is 0 Å². The van der Waals surface area contributed by atoms with Gasteiger partial charge in [-0.1, -0.05) is 11.6 Å². The predicted octanol–water partition coefficient (Wildman–Crippen LogP) is 1.89. The molecule has 3 heterocycles. The van der Waals surface area contributed by atoms with E-state index in [1.54, 1.807) is 21.9 Å². The van der Waals surface area contributed by atoms with Gasteiger partial charge in [0.1, 0.15) is 17.3 Å². The van der Waals surface area contributed by atoms with Crippen molar-refractivity contribution in [3.63, 3.8) is 0 Å². The first-order valence-electron chi connectivity index (χ1n) is 5.30. The van der Waals surface area contributed by atoms with E-state index in [2.05, 4.69) is 25.4 Å². The van der Waals surface area contributed by atoms with Gasteiger partial charge in [0.25, 0.3) is 5.78 Å². The summed E-state index contributed by atoms with van der Waals surface area (Å²) in [5, 5.41) is 9.77. The van der Waals surface area contributed by atoms with E-state index in [1.165, 1.54) is 6.33 Å². The van der Waals surface area contributed by atoms with Crippen molar-refractivity contribution in [2.75, 3.05) is 11.9 Å². The summed E-state index contributed by atoms with van der Waals surface area (Å²) in [7, 11) is 0. The molecule has 0 aliphatic carbocycles. The van der Waals surface area contributed by atoms with Gasteiger partial charge in [0, 0.05) is 24.4 Å². The van der Waals surface area contributed by atoms with Gasteiger partial charge in [-0.15, -0.1) is 11.3 Å². The summed E-state index contributed by atoms with van der Waals surface area (Å²) in [5.74, 6) is 1.26. The van der Waals surface area contributed by atoms with Crippen LogP contribution in [0, 0.1) is 0 Å². The molecule has 0 amide bonds. The van der Waals surface area contributed by atoms with Crippen molar-refractivity contribution in [1.29, 1.82) is 0 Å². The minimum atomic E-state index is 0.395. The molecule has 0 saturated heterocycles. The molecule has 0 saturated carbocycles. The predicted molar refractivity (Wildman–Crippen MR) is 70.1 cm³/mol. The number of anilines is 1. The Kier molecular flexibility index (Phi) is 3.07. The summed E-state index contributed by atoms with van der Waals surface area (Å²) < 4.78 is 1.62. The molecule has 3 rings (SSSR count). The number of fused-ring (bicyclic) bond motifs is 1. The maximum absolute atomic E-state index is 5.92. The molecule has 0 spiro atoms. The lowest BCUT2D eigenvalue weighted by molar-refractivity contribution is 0.905. The Labute approximate surface area is 112 Å². The third kappa shape index (κ3) is 2.27. The number of thiazole rings is 1. The zero-order valence-corrected chi connectivity index (χ0v) is 10.8. The normalized spacial score (nSPS) is 10.9. The molecule has 3 aromatic heterocycles. The fraction of sp³-hybridized carbons (Fsp3) is 0.200. The lowest BCUT2D eigenvalue weighted by Gasteiger charge is -2.06. The van der Waals surface area contributed by atoms with Crippen LogP contribution in [0.2, 0.25) is 5.15 Å².